The van der Waals surface area contributed by atoms with Crippen LogP contribution in [-0.4, -0.2) is 48.9 Å². The third kappa shape index (κ3) is 5.91. The molecular weight excluding hydrogens is 436 g/mol. The summed E-state index contributed by atoms with van der Waals surface area (Å²) < 4.78 is 7.74. The molecule has 0 spiro atoms. The predicted molar refractivity (Wildman–Crippen MR) is 125 cm³/mol. The van der Waals surface area contributed by atoms with Crippen molar-refractivity contribution in [1.29, 1.82) is 0 Å². The lowest BCUT2D eigenvalue weighted by Gasteiger charge is -2.05. The topological polar surface area (TPSA) is 125 Å². The maximum atomic E-state index is 11.7. The maximum absolute atomic E-state index is 11.7. The summed E-state index contributed by atoms with van der Waals surface area (Å²) in [5, 5.41) is 14.1. The fourth-order valence-electron chi connectivity index (χ4n) is 3.26. The van der Waals surface area contributed by atoms with Crippen molar-refractivity contribution in [3.05, 3.63) is 99.2 Å². The predicted octanol–water partition coefficient (Wildman–Crippen LogP) is 2.50. The summed E-state index contributed by atoms with van der Waals surface area (Å²) in [7, 11) is 1.35. The Morgan fingerprint density at radius 3 is 2.03 bits per heavy atom. The molecule has 0 radical (unpaired) electrons. The van der Waals surface area contributed by atoms with Gasteiger partial charge in [-0.05, 0) is 17.5 Å². The van der Waals surface area contributed by atoms with Crippen molar-refractivity contribution in [2.75, 3.05) is 7.11 Å². The molecule has 2 aromatic heterocycles. The van der Waals surface area contributed by atoms with E-state index in [9.17, 15) is 14.4 Å². The Labute approximate surface area is 196 Å². The summed E-state index contributed by atoms with van der Waals surface area (Å²) >= 11 is 0. The van der Waals surface area contributed by atoms with Gasteiger partial charge in [0.15, 0.2) is 17.2 Å². The van der Waals surface area contributed by atoms with Gasteiger partial charge >= 0.3 is 5.97 Å². The largest absolute Gasteiger partial charge is 0.464 e. The molecule has 4 aromatic rings. The molecule has 176 valence electrons. The van der Waals surface area contributed by atoms with Crippen LogP contribution in [0, 0.1) is 0 Å². The van der Waals surface area contributed by atoms with E-state index in [1.165, 1.54) is 18.7 Å². The maximum Gasteiger partial charge on any atom is 0.360 e. The van der Waals surface area contributed by atoms with Gasteiger partial charge in [-0.15, -0.1) is 5.10 Å². The van der Waals surface area contributed by atoms with Crippen molar-refractivity contribution in [3.63, 3.8) is 0 Å². The van der Waals surface area contributed by atoms with Gasteiger partial charge in [-0.2, -0.15) is 5.10 Å². The number of nitrogens with one attached hydrogen (secondary N) is 1. The zero-order valence-electron chi connectivity index (χ0n) is 19.3. The second-order valence-electron chi connectivity index (χ2n) is 7.37. The summed E-state index contributed by atoms with van der Waals surface area (Å²) in [5.74, 6) is -0.765. The fraction of sp³-hybridized carbons (Fsp3) is 0.250. The summed E-state index contributed by atoms with van der Waals surface area (Å²) in [6, 6.07) is 19.4. The number of nitrogens with zero attached hydrogens (tertiary/aromatic N) is 5. The summed E-state index contributed by atoms with van der Waals surface area (Å²) in [4.78, 5) is 34.2. The highest BCUT2D eigenvalue weighted by Crippen LogP contribution is 2.10. The van der Waals surface area contributed by atoms with Crippen molar-refractivity contribution in [2.45, 2.75) is 33.4 Å². The minimum Gasteiger partial charge on any atom is -0.464 e. The van der Waals surface area contributed by atoms with Gasteiger partial charge < -0.3 is 4.74 Å². The van der Waals surface area contributed by atoms with Gasteiger partial charge in [-0.1, -0.05) is 72.8 Å². The first kappa shape index (κ1) is 24.3. The number of ketones is 1. The monoisotopic (exact) mass is 462 g/mol. The third-order valence-electron chi connectivity index (χ3n) is 4.97. The number of hydrogen-bond acceptors (Lipinski definition) is 7. The van der Waals surface area contributed by atoms with E-state index in [4.69, 9.17) is 0 Å². The second-order valence-corrected chi connectivity index (χ2v) is 7.37. The van der Waals surface area contributed by atoms with Crippen molar-refractivity contribution >= 4 is 11.8 Å². The van der Waals surface area contributed by atoms with Gasteiger partial charge in [0, 0.05) is 6.92 Å². The van der Waals surface area contributed by atoms with Crippen LogP contribution >= 0.6 is 0 Å². The van der Waals surface area contributed by atoms with E-state index in [0.717, 1.165) is 16.8 Å². The molecule has 34 heavy (non-hydrogen) atoms. The molecule has 0 amide bonds. The number of carbonyl (C=O) groups excluding carboxylic acids is 2. The zero-order chi connectivity index (χ0) is 24.5. The van der Waals surface area contributed by atoms with Gasteiger partial charge in [0.2, 0.25) is 0 Å². The highest BCUT2D eigenvalue weighted by Gasteiger charge is 2.18. The molecule has 0 fully saturated rings. The molecule has 0 atom stereocenters. The van der Waals surface area contributed by atoms with Crippen molar-refractivity contribution in [1.82, 2.24) is 30.0 Å². The lowest BCUT2D eigenvalue weighted by Crippen LogP contribution is -2.21. The molecule has 0 aliphatic rings. The summed E-state index contributed by atoms with van der Waals surface area (Å²) in [6.07, 6.45) is 0.685. The number of Topliss-reactive ketones (excluding diaryl/α,β-unsaturated/α-hetero) is 1. The summed E-state index contributed by atoms with van der Waals surface area (Å²) in [5.41, 5.74) is 2.77. The number of carbonyl (C=O) groups is 2. The van der Waals surface area contributed by atoms with Crippen LogP contribution in [-0.2, 0) is 24.2 Å². The first-order valence-electron chi connectivity index (χ1n) is 10.7. The SMILES string of the molecule is CC(=O)c1n[nH]n(Cc2ccccc2)c1=O.CCc1c(C(=O)OC)nnn1Cc1ccccc1. The quantitative estimate of drug-likeness (QED) is 0.330. The number of aromatic amines is 1. The van der Waals surface area contributed by atoms with Gasteiger partial charge in [0.05, 0.1) is 25.9 Å². The van der Waals surface area contributed by atoms with Gasteiger partial charge in [0.1, 0.15) is 0 Å². The molecule has 0 aliphatic heterocycles. The number of hydrogen-bond donors (Lipinski definition) is 1. The van der Waals surface area contributed by atoms with E-state index in [-0.39, 0.29) is 17.0 Å². The number of aromatic nitrogens is 6. The molecular formula is C24H26N6O4. The fourth-order valence-corrected chi connectivity index (χ4v) is 3.26. The highest BCUT2D eigenvalue weighted by molar-refractivity contribution is 5.91. The van der Waals surface area contributed by atoms with E-state index >= 15 is 0 Å². The van der Waals surface area contributed by atoms with E-state index in [1.807, 2.05) is 67.6 Å². The van der Waals surface area contributed by atoms with E-state index in [0.29, 0.717) is 25.2 Å². The molecule has 1 N–H and O–H groups in total. The first-order valence-corrected chi connectivity index (χ1v) is 10.7. The molecule has 0 aliphatic carbocycles. The number of benzene rings is 2. The smallest absolute Gasteiger partial charge is 0.360 e. The number of methoxy groups -OCH3 is 1. The van der Waals surface area contributed by atoms with Crippen molar-refractivity contribution in [2.24, 2.45) is 0 Å². The molecule has 2 heterocycles. The molecule has 0 saturated carbocycles. The zero-order valence-corrected chi connectivity index (χ0v) is 19.3. The lowest BCUT2D eigenvalue weighted by molar-refractivity contribution is 0.0592. The van der Waals surface area contributed by atoms with Crippen LogP contribution < -0.4 is 5.56 Å². The van der Waals surface area contributed by atoms with Crippen LogP contribution in [0.5, 0.6) is 0 Å². The van der Waals surface area contributed by atoms with Gasteiger partial charge in [-0.3, -0.25) is 9.59 Å². The lowest BCUT2D eigenvalue weighted by atomic mass is 10.2. The molecule has 4 rings (SSSR count). The molecule has 0 saturated heterocycles. The van der Waals surface area contributed by atoms with Gasteiger partial charge in [-0.25, -0.2) is 19.4 Å². The third-order valence-corrected chi connectivity index (χ3v) is 4.97. The Morgan fingerprint density at radius 2 is 1.53 bits per heavy atom. The van der Waals surface area contributed by atoms with Crippen LogP contribution in [0.15, 0.2) is 65.5 Å². The van der Waals surface area contributed by atoms with Crippen LogP contribution in [0.4, 0.5) is 0 Å². The minimum absolute atomic E-state index is 0.0454. The number of H-pyrrole nitrogens is 1. The van der Waals surface area contributed by atoms with Crippen LogP contribution in [0.25, 0.3) is 0 Å². The van der Waals surface area contributed by atoms with Crippen LogP contribution in [0.3, 0.4) is 0 Å². The van der Waals surface area contributed by atoms with E-state index in [1.54, 1.807) is 4.68 Å². The Bertz CT molecular complexity index is 1290. The van der Waals surface area contributed by atoms with E-state index < -0.39 is 5.97 Å². The summed E-state index contributed by atoms with van der Waals surface area (Å²) in [6.45, 7) is 4.28. The Hall–Kier alpha value is -4.34. The van der Waals surface area contributed by atoms with Crippen molar-refractivity contribution < 1.29 is 14.3 Å². The number of rotatable bonds is 7. The Kier molecular flexibility index (Phi) is 8.22. The number of esters is 1. The van der Waals surface area contributed by atoms with Crippen LogP contribution in [0.2, 0.25) is 0 Å². The van der Waals surface area contributed by atoms with Crippen LogP contribution in [0.1, 0.15) is 51.6 Å². The molecule has 0 bridgehead atoms. The molecule has 10 nitrogen and oxygen atoms in total. The standard InChI is InChI=1S/C13H15N3O2.C11H11N3O2/c1-3-11-12(13(17)18-2)14-15-16(11)9-10-7-5-4-6-8-10;1-8(15)10-11(16)14(13-12-10)7-9-5-3-2-4-6-9/h4-8H,3,9H2,1-2H3;2-6,13H,7H2,1H3. The molecule has 2 aromatic carbocycles. The molecule has 10 heteroatoms. The normalized spacial score (nSPS) is 10.3. The molecule has 0 unspecified atom stereocenters. The average Bonchev–Trinajstić information content (AvgIpc) is 3.43. The Morgan fingerprint density at radius 1 is 0.941 bits per heavy atom. The Balaban J connectivity index is 0.000000192. The van der Waals surface area contributed by atoms with E-state index in [2.05, 4.69) is 25.4 Å². The minimum atomic E-state index is -0.439. The second kappa shape index (κ2) is 11.5. The average molecular weight is 463 g/mol. The highest BCUT2D eigenvalue weighted by atomic mass is 16.5. The number of ether oxygens (including phenoxy) is 1. The first-order chi connectivity index (χ1) is 16.4. The van der Waals surface area contributed by atoms with Crippen molar-refractivity contribution in [3.8, 4) is 0 Å². The van der Waals surface area contributed by atoms with Gasteiger partial charge in [0.25, 0.3) is 5.56 Å².